The highest BCUT2D eigenvalue weighted by atomic mass is 16.5. The molecular formula is C17H24N2O3. The van der Waals surface area contributed by atoms with Gasteiger partial charge in [-0.15, -0.1) is 0 Å². The Morgan fingerprint density at radius 2 is 2.00 bits per heavy atom. The van der Waals surface area contributed by atoms with Gasteiger partial charge in [0.15, 0.2) is 0 Å². The molecule has 1 N–H and O–H groups in total. The molecule has 5 nitrogen and oxygen atoms in total. The van der Waals surface area contributed by atoms with E-state index in [1.54, 1.807) is 4.90 Å². The second-order valence-electron chi connectivity index (χ2n) is 6.81. The predicted octanol–water partition coefficient (Wildman–Crippen LogP) is 1.97. The van der Waals surface area contributed by atoms with E-state index in [9.17, 15) is 9.59 Å². The second-order valence-corrected chi connectivity index (χ2v) is 6.81. The third-order valence-electron chi connectivity index (χ3n) is 3.42. The van der Waals surface area contributed by atoms with Crippen LogP contribution in [0.1, 0.15) is 27.2 Å². The van der Waals surface area contributed by atoms with Crippen molar-refractivity contribution in [3.05, 3.63) is 30.3 Å². The fourth-order valence-corrected chi connectivity index (χ4v) is 2.38. The van der Waals surface area contributed by atoms with Gasteiger partial charge in [0.1, 0.15) is 6.61 Å². The van der Waals surface area contributed by atoms with E-state index in [1.165, 1.54) is 0 Å². The normalized spacial score (nSPS) is 19.1. The standard InChI is InChI=1S/C17H24N2O3/c1-17(2,3)9-15(20)18-10-14-11-19(16(21)12-22-14)13-7-5-4-6-8-13/h4-8,14H,9-12H2,1-3H3,(H,18,20). The van der Waals surface area contributed by atoms with Crippen LogP contribution in [0.5, 0.6) is 0 Å². The Morgan fingerprint density at radius 3 is 2.64 bits per heavy atom. The van der Waals surface area contributed by atoms with Crippen molar-refractivity contribution in [1.82, 2.24) is 5.32 Å². The highest BCUT2D eigenvalue weighted by Crippen LogP contribution is 2.19. The van der Waals surface area contributed by atoms with Crippen molar-refractivity contribution in [2.24, 2.45) is 5.41 Å². The zero-order valence-corrected chi connectivity index (χ0v) is 13.5. The van der Waals surface area contributed by atoms with E-state index in [0.717, 1.165) is 5.69 Å². The number of para-hydroxylation sites is 1. The summed E-state index contributed by atoms with van der Waals surface area (Å²) in [6.45, 7) is 7.01. The summed E-state index contributed by atoms with van der Waals surface area (Å²) in [6, 6.07) is 9.52. The monoisotopic (exact) mass is 304 g/mol. The van der Waals surface area contributed by atoms with Crippen molar-refractivity contribution >= 4 is 17.5 Å². The number of hydrogen-bond acceptors (Lipinski definition) is 3. The van der Waals surface area contributed by atoms with Gasteiger partial charge in [-0.2, -0.15) is 0 Å². The molecule has 5 heteroatoms. The van der Waals surface area contributed by atoms with Crippen LogP contribution in [0, 0.1) is 5.41 Å². The third kappa shape index (κ3) is 4.84. The van der Waals surface area contributed by atoms with E-state index in [2.05, 4.69) is 5.32 Å². The van der Waals surface area contributed by atoms with Crippen LogP contribution >= 0.6 is 0 Å². The maximum Gasteiger partial charge on any atom is 0.253 e. The number of amides is 2. The van der Waals surface area contributed by atoms with Gasteiger partial charge in [-0.05, 0) is 17.5 Å². The lowest BCUT2D eigenvalue weighted by Crippen LogP contribution is -2.50. The first kappa shape index (κ1) is 16.5. The number of carbonyl (C=O) groups excluding carboxylic acids is 2. The van der Waals surface area contributed by atoms with Crippen molar-refractivity contribution in [2.45, 2.75) is 33.3 Å². The number of carbonyl (C=O) groups is 2. The van der Waals surface area contributed by atoms with Gasteiger partial charge >= 0.3 is 0 Å². The lowest BCUT2D eigenvalue weighted by molar-refractivity contribution is -0.129. The Bertz CT molecular complexity index is 522. The van der Waals surface area contributed by atoms with Crippen LogP contribution in [0.2, 0.25) is 0 Å². The Hall–Kier alpha value is -1.88. The molecule has 0 aromatic heterocycles. The number of morpholine rings is 1. The first-order valence-electron chi connectivity index (χ1n) is 7.59. The van der Waals surface area contributed by atoms with E-state index in [1.807, 2.05) is 51.1 Å². The Balaban J connectivity index is 1.89. The molecule has 1 atom stereocenters. The summed E-state index contributed by atoms with van der Waals surface area (Å²) < 4.78 is 5.52. The fraction of sp³-hybridized carbons (Fsp3) is 0.529. The molecular weight excluding hydrogens is 280 g/mol. The molecule has 1 aliphatic rings. The SMILES string of the molecule is CC(C)(C)CC(=O)NCC1CN(c2ccccc2)C(=O)CO1. The van der Waals surface area contributed by atoms with Gasteiger partial charge in [-0.1, -0.05) is 39.0 Å². The molecule has 22 heavy (non-hydrogen) atoms. The van der Waals surface area contributed by atoms with Gasteiger partial charge < -0.3 is 15.0 Å². The maximum absolute atomic E-state index is 12.0. The minimum absolute atomic E-state index is 0.0132. The summed E-state index contributed by atoms with van der Waals surface area (Å²) in [4.78, 5) is 25.6. The van der Waals surface area contributed by atoms with Crippen LogP contribution in [0.3, 0.4) is 0 Å². The van der Waals surface area contributed by atoms with Crippen molar-refractivity contribution in [1.29, 1.82) is 0 Å². The largest absolute Gasteiger partial charge is 0.365 e. The molecule has 120 valence electrons. The van der Waals surface area contributed by atoms with Gasteiger partial charge in [0.05, 0.1) is 12.6 Å². The Kier molecular flexibility index (Phi) is 5.19. The van der Waals surface area contributed by atoms with Crippen LogP contribution in [0.15, 0.2) is 30.3 Å². The first-order valence-corrected chi connectivity index (χ1v) is 7.59. The molecule has 0 bridgehead atoms. The molecule has 2 rings (SSSR count). The first-order chi connectivity index (χ1) is 10.3. The van der Waals surface area contributed by atoms with Crippen molar-refractivity contribution in [3.8, 4) is 0 Å². The molecule has 0 radical (unpaired) electrons. The van der Waals surface area contributed by atoms with Crippen molar-refractivity contribution < 1.29 is 14.3 Å². The average Bonchev–Trinajstić information content (AvgIpc) is 2.45. The van der Waals surface area contributed by atoms with Gasteiger partial charge in [0.25, 0.3) is 5.91 Å². The number of nitrogens with one attached hydrogen (secondary N) is 1. The molecule has 2 amide bonds. The molecule has 1 unspecified atom stereocenters. The van der Waals surface area contributed by atoms with Crippen molar-refractivity contribution in [2.75, 3.05) is 24.6 Å². The molecule has 1 heterocycles. The van der Waals surface area contributed by atoms with Crippen LogP contribution < -0.4 is 10.2 Å². The van der Waals surface area contributed by atoms with Crippen LogP contribution in [-0.2, 0) is 14.3 Å². The lowest BCUT2D eigenvalue weighted by Gasteiger charge is -2.33. The topological polar surface area (TPSA) is 58.6 Å². The minimum atomic E-state index is -0.179. The number of hydrogen-bond donors (Lipinski definition) is 1. The van der Waals surface area contributed by atoms with E-state index >= 15 is 0 Å². The predicted molar refractivity (Wildman–Crippen MR) is 85.6 cm³/mol. The highest BCUT2D eigenvalue weighted by Gasteiger charge is 2.27. The summed E-state index contributed by atoms with van der Waals surface area (Å²) in [7, 11) is 0. The fourth-order valence-electron chi connectivity index (χ4n) is 2.38. The molecule has 1 aromatic carbocycles. The average molecular weight is 304 g/mol. The third-order valence-corrected chi connectivity index (χ3v) is 3.42. The Labute approximate surface area is 131 Å². The summed E-state index contributed by atoms with van der Waals surface area (Å²) in [6.07, 6.45) is 0.294. The summed E-state index contributed by atoms with van der Waals surface area (Å²) in [5.41, 5.74) is 0.825. The second kappa shape index (κ2) is 6.92. The van der Waals surface area contributed by atoms with E-state index in [4.69, 9.17) is 4.74 Å². The molecule has 0 spiro atoms. The number of nitrogens with zero attached hydrogens (tertiary/aromatic N) is 1. The lowest BCUT2D eigenvalue weighted by atomic mass is 9.92. The number of anilines is 1. The van der Waals surface area contributed by atoms with Crippen LogP contribution in [0.4, 0.5) is 5.69 Å². The van der Waals surface area contributed by atoms with Gasteiger partial charge in [-0.3, -0.25) is 9.59 Å². The number of ether oxygens (including phenoxy) is 1. The smallest absolute Gasteiger partial charge is 0.253 e. The van der Waals surface area contributed by atoms with Crippen molar-refractivity contribution in [3.63, 3.8) is 0 Å². The highest BCUT2D eigenvalue weighted by molar-refractivity contribution is 5.95. The van der Waals surface area contributed by atoms with Gasteiger partial charge in [0, 0.05) is 18.7 Å². The zero-order chi connectivity index (χ0) is 16.2. The number of rotatable bonds is 4. The zero-order valence-electron chi connectivity index (χ0n) is 13.5. The van der Waals surface area contributed by atoms with E-state index < -0.39 is 0 Å². The van der Waals surface area contributed by atoms with Gasteiger partial charge in [-0.25, -0.2) is 0 Å². The molecule has 1 fully saturated rings. The molecule has 1 aromatic rings. The molecule has 0 aliphatic carbocycles. The number of benzene rings is 1. The summed E-state index contributed by atoms with van der Waals surface area (Å²) in [5.74, 6) is -0.0391. The maximum atomic E-state index is 12.0. The van der Waals surface area contributed by atoms with E-state index in [0.29, 0.717) is 19.5 Å². The Morgan fingerprint density at radius 1 is 1.32 bits per heavy atom. The quantitative estimate of drug-likeness (QED) is 0.925. The molecule has 0 saturated carbocycles. The summed E-state index contributed by atoms with van der Waals surface area (Å²) in [5, 5.41) is 2.89. The van der Waals surface area contributed by atoms with Crippen LogP contribution in [0.25, 0.3) is 0 Å². The van der Waals surface area contributed by atoms with Gasteiger partial charge in [0.2, 0.25) is 5.91 Å². The van der Waals surface area contributed by atoms with E-state index in [-0.39, 0.29) is 29.9 Å². The molecule has 1 aliphatic heterocycles. The minimum Gasteiger partial charge on any atom is -0.365 e. The molecule has 1 saturated heterocycles. The van der Waals surface area contributed by atoms with Crippen LogP contribution in [-0.4, -0.2) is 37.6 Å². The summed E-state index contributed by atoms with van der Waals surface area (Å²) >= 11 is 0.